The second-order valence-corrected chi connectivity index (χ2v) is 10.6. The second kappa shape index (κ2) is 11.6. The van der Waals surface area contributed by atoms with E-state index in [9.17, 15) is 18.4 Å². The number of hydrogen-bond acceptors (Lipinski definition) is 4. The largest absolute Gasteiger partial charge is 0.328 e. The number of pyridine rings is 1. The Balaban J connectivity index is 1.66. The average molecular weight is 585 g/mol. The summed E-state index contributed by atoms with van der Waals surface area (Å²) in [6.45, 7) is 1.54. The van der Waals surface area contributed by atoms with Crippen molar-refractivity contribution in [1.29, 1.82) is 0 Å². The number of aromatic nitrogens is 3. The molecule has 12 heteroatoms. The van der Waals surface area contributed by atoms with Crippen LogP contribution < -0.4 is 0 Å². The van der Waals surface area contributed by atoms with Gasteiger partial charge in [-0.2, -0.15) is 13.9 Å². The Labute approximate surface area is 232 Å². The van der Waals surface area contributed by atoms with Gasteiger partial charge >= 0.3 is 0 Å². The highest BCUT2D eigenvalue weighted by atomic mass is 35.5. The van der Waals surface area contributed by atoms with Crippen molar-refractivity contribution in [3.8, 4) is 0 Å². The smallest absolute Gasteiger partial charge is 0.293 e. The van der Waals surface area contributed by atoms with E-state index in [0.717, 1.165) is 29.4 Å². The predicted molar refractivity (Wildman–Crippen MR) is 138 cm³/mol. The van der Waals surface area contributed by atoms with E-state index in [4.69, 9.17) is 23.2 Å². The van der Waals surface area contributed by atoms with Crippen LogP contribution in [0.15, 0.2) is 36.8 Å². The molecular formula is C27H26Cl2F4N4O2. The lowest BCUT2D eigenvalue weighted by molar-refractivity contribution is -0.121. The Hall–Kier alpha value is -2.98. The first-order chi connectivity index (χ1) is 18.4. The number of alkyl halides is 2. The molecule has 0 N–H and O–H groups in total. The third kappa shape index (κ3) is 6.44. The molecule has 3 aromatic rings. The Morgan fingerprint density at radius 2 is 1.62 bits per heavy atom. The van der Waals surface area contributed by atoms with Crippen LogP contribution >= 0.6 is 23.2 Å². The van der Waals surface area contributed by atoms with Crippen LogP contribution in [0, 0.1) is 24.5 Å². The summed E-state index contributed by atoms with van der Waals surface area (Å²) in [5.41, 5.74) is -0.192. The molecule has 4 rings (SSSR count). The number of amides is 1. The molecule has 2 heterocycles. The van der Waals surface area contributed by atoms with Gasteiger partial charge in [-0.05, 0) is 57.2 Å². The minimum Gasteiger partial charge on any atom is -0.328 e. The van der Waals surface area contributed by atoms with Crippen LogP contribution in [0.1, 0.15) is 65.8 Å². The molecular weight excluding hydrogens is 559 g/mol. The predicted octanol–water partition coefficient (Wildman–Crippen LogP) is 6.93. The van der Waals surface area contributed by atoms with Crippen LogP contribution in [0.25, 0.3) is 0 Å². The van der Waals surface area contributed by atoms with E-state index in [2.05, 4.69) is 10.1 Å². The molecule has 1 saturated carbocycles. The number of ketones is 1. The fourth-order valence-electron chi connectivity index (χ4n) is 5.10. The monoisotopic (exact) mass is 584 g/mol. The van der Waals surface area contributed by atoms with Crippen LogP contribution in [0.2, 0.25) is 10.0 Å². The van der Waals surface area contributed by atoms with Crippen LogP contribution in [0.3, 0.4) is 0 Å². The van der Waals surface area contributed by atoms with Crippen molar-refractivity contribution in [2.75, 3.05) is 6.54 Å². The number of rotatable bonds is 8. The number of carbonyl (C=O) groups excluding carboxylic acids is 2. The van der Waals surface area contributed by atoms with Gasteiger partial charge in [-0.25, -0.2) is 8.78 Å². The van der Waals surface area contributed by atoms with Gasteiger partial charge in [0.2, 0.25) is 0 Å². The van der Waals surface area contributed by atoms with Gasteiger partial charge in [0, 0.05) is 36.6 Å². The Bertz CT molecular complexity index is 1350. The van der Waals surface area contributed by atoms with Crippen LogP contribution in [0.4, 0.5) is 17.6 Å². The van der Waals surface area contributed by atoms with Gasteiger partial charge in [-0.3, -0.25) is 19.3 Å². The maximum absolute atomic E-state index is 15.6. The molecule has 0 atom stereocenters. The van der Waals surface area contributed by atoms with Gasteiger partial charge in [0.25, 0.3) is 11.8 Å². The van der Waals surface area contributed by atoms with Crippen molar-refractivity contribution in [3.63, 3.8) is 0 Å². The van der Waals surface area contributed by atoms with Crippen molar-refractivity contribution in [1.82, 2.24) is 19.7 Å². The molecule has 0 unspecified atom stereocenters. The quantitative estimate of drug-likeness (QED) is 0.269. The highest BCUT2D eigenvalue weighted by Crippen LogP contribution is 2.39. The van der Waals surface area contributed by atoms with Crippen molar-refractivity contribution < 1.29 is 27.2 Å². The van der Waals surface area contributed by atoms with Crippen molar-refractivity contribution in [2.45, 2.75) is 58.0 Å². The number of benzene rings is 1. The summed E-state index contributed by atoms with van der Waals surface area (Å²) in [7, 11) is 0. The molecule has 208 valence electrons. The Morgan fingerprint density at radius 3 is 2.18 bits per heavy atom. The molecule has 6 nitrogen and oxygen atoms in total. The summed E-state index contributed by atoms with van der Waals surface area (Å²) < 4.78 is 60.6. The van der Waals surface area contributed by atoms with Crippen LogP contribution in [-0.4, -0.2) is 37.9 Å². The summed E-state index contributed by atoms with van der Waals surface area (Å²) in [4.78, 5) is 29.9. The van der Waals surface area contributed by atoms with E-state index in [-0.39, 0.29) is 38.9 Å². The SMILES string of the molecule is Cc1c(C(=O)N(Cc2cc(F)cc(F)c2)CC(F)(F)c2c(Cl)cncc2Cl)cnn1[C@H]1CC[C@H](C(C)=O)CC1. The molecule has 39 heavy (non-hydrogen) atoms. The normalized spacial score (nSPS) is 17.7. The lowest BCUT2D eigenvalue weighted by atomic mass is 9.84. The van der Waals surface area contributed by atoms with Crippen molar-refractivity contribution in [3.05, 3.63) is 80.9 Å². The summed E-state index contributed by atoms with van der Waals surface area (Å²) in [6, 6.07) is 2.54. The average Bonchev–Trinajstić information content (AvgIpc) is 3.23. The summed E-state index contributed by atoms with van der Waals surface area (Å²) in [5, 5.41) is 3.58. The van der Waals surface area contributed by atoms with Crippen LogP contribution in [-0.2, 0) is 17.3 Å². The molecule has 0 saturated heterocycles. The number of Topliss-reactive ketones (excluding diaryl/α,β-unsaturated/α-hetero) is 1. The third-order valence-corrected chi connectivity index (χ3v) is 7.66. The standard InChI is InChI=1S/C27H26Cl2F4N4O2/c1-15-22(10-35-37(15)21-5-3-18(4-6-21)16(2)38)26(39)36(13-17-7-19(30)9-20(31)8-17)14-27(32,33)25-23(28)11-34-12-24(25)29/h7-12,18,21H,3-6,13-14H2,1-2H3/t18-,21-. The molecule has 1 aromatic carbocycles. The fourth-order valence-corrected chi connectivity index (χ4v) is 5.74. The summed E-state index contributed by atoms with van der Waals surface area (Å²) >= 11 is 12.0. The van der Waals surface area contributed by atoms with Gasteiger partial charge in [-0.15, -0.1) is 0 Å². The number of nitrogens with zero attached hydrogens (tertiary/aromatic N) is 4. The zero-order chi connectivity index (χ0) is 28.5. The molecule has 0 spiro atoms. The van der Waals surface area contributed by atoms with Crippen LogP contribution in [0.5, 0.6) is 0 Å². The van der Waals surface area contributed by atoms with E-state index >= 15 is 8.78 Å². The van der Waals surface area contributed by atoms with Gasteiger partial charge in [-0.1, -0.05) is 23.2 Å². The highest BCUT2D eigenvalue weighted by molar-refractivity contribution is 6.35. The fraction of sp³-hybridized carbons (Fsp3) is 0.407. The number of halogens is 6. The zero-order valence-electron chi connectivity index (χ0n) is 21.2. The molecule has 0 bridgehead atoms. The zero-order valence-corrected chi connectivity index (χ0v) is 22.7. The van der Waals surface area contributed by atoms with Crippen molar-refractivity contribution >= 4 is 34.9 Å². The summed E-state index contributed by atoms with van der Waals surface area (Å²) in [5.74, 6) is -6.21. The minimum absolute atomic E-state index is 0.00515. The topological polar surface area (TPSA) is 68.1 Å². The third-order valence-electron chi connectivity index (χ3n) is 7.08. The number of hydrogen-bond donors (Lipinski definition) is 0. The van der Waals surface area contributed by atoms with E-state index in [1.165, 1.54) is 6.20 Å². The van der Waals surface area contributed by atoms with Gasteiger partial charge in [0.05, 0.1) is 40.0 Å². The molecule has 0 radical (unpaired) electrons. The molecule has 2 aromatic heterocycles. The van der Waals surface area contributed by atoms with Gasteiger partial charge in [0.15, 0.2) is 0 Å². The molecule has 1 aliphatic carbocycles. The first-order valence-corrected chi connectivity index (χ1v) is 13.1. The molecule has 1 aliphatic rings. The van der Waals surface area contributed by atoms with Crippen molar-refractivity contribution in [2.24, 2.45) is 5.92 Å². The Kier molecular flexibility index (Phi) is 8.66. The van der Waals surface area contributed by atoms with Gasteiger partial charge in [0.1, 0.15) is 17.4 Å². The van der Waals surface area contributed by atoms with E-state index in [1.54, 1.807) is 18.5 Å². The summed E-state index contributed by atoms with van der Waals surface area (Å²) in [6.07, 6.45) is 6.09. The first-order valence-electron chi connectivity index (χ1n) is 12.3. The molecule has 1 amide bonds. The molecule has 1 fully saturated rings. The number of carbonyl (C=O) groups is 2. The lowest BCUT2D eigenvalue weighted by Gasteiger charge is -2.29. The maximum Gasteiger partial charge on any atom is 0.293 e. The highest BCUT2D eigenvalue weighted by Gasteiger charge is 2.40. The van der Waals surface area contributed by atoms with Gasteiger partial charge < -0.3 is 4.90 Å². The second-order valence-electron chi connectivity index (χ2n) is 9.83. The molecule has 0 aliphatic heterocycles. The van der Waals surface area contributed by atoms with E-state index < -0.39 is 42.1 Å². The van der Waals surface area contributed by atoms with E-state index in [1.807, 2.05) is 0 Å². The first kappa shape index (κ1) is 29.0. The minimum atomic E-state index is -3.73. The Morgan fingerprint density at radius 1 is 1.03 bits per heavy atom. The van der Waals surface area contributed by atoms with E-state index in [0.29, 0.717) is 37.4 Å². The lowest BCUT2D eigenvalue weighted by Crippen LogP contribution is -2.40. The maximum atomic E-state index is 15.6.